The van der Waals surface area contributed by atoms with Gasteiger partial charge in [-0.25, -0.2) is 13.8 Å². The molecule has 1 aromatic carbocycles. The number of thiazole rings is 1. The van der Waals surface area contributed by atoms with Crippen LogP contribution in [0.2, 0.25) is 4.47 Å². The molecule has 0 amide bonds. The van der Waals surface area contributed by atoms with Crippen molar-refractivity contribution < 1.29 is 8.78 Å². The Morgan fingerprint density at radius 3 is 2.76 bits per heavy atom. The minimum Gasteiger partial charge on any atom is -0.378 e. The highest BCUT2D eigenvalue weighted by Gasteiger charge is 2.08. The Balaban J connectivity index is 2.11. The molecule has 0 saturated carbocycles. The van der Waals surface area contributed by atoms with Gasteiger partial charge >= 0.3 is 0 Å². The summed E-state index contributed by atoms with van der Waals surface area (Å²) in [6.07, 6.45) is 1.61. The van der Waals surface area contributed by atoms with Gasteiger partial charge in [-0.05, 0) is 22.0 Å². The molecule has 0 aliphatic rings. The van der Waals surface area contributed by atoms with Crippen LogP contribution in [0.3, 0.4) is 0 Å². The molecular weight excluding hydrogens is 334 g/mol. The van der Waals surface area contributed by atoms with Crippen LogP contribution in [-0.4, -0.2) is 4.98 Å². The normalized spacial score (nSPS) is 10.6. The molecule has 0 atom stereocenters. The molecule has 2 aromatic rings. The third kappa shape index (κ3) is 3.14. The molecule has 2 nitrogen and oxygen atoms in total. The van der Waals surface area contributed by atoms with E-state index in [1.807, 2.05) is 0 Å². The summed E-state index contributed by atoms with van der Waals surface area (Å²) in [7, 11) is 0. The van der Waals surface area contributed by atoms with E-state index in [1.54, 1.807) is 6.20 Å². The van der Waals surface area contributed by atoms with E-state index in [0.717, 1.165) is 10.9 Å². The van der Waals surface area contributed by atoms with Crippen molar-refractivity contribution in [2.24, 2.45) is 0 Å². The minimum atomic E-state index is -0.638. The van der Waals surface area contributed by atoms with Crippen LogP contribution < -0.4 is 5.32 Å². The van der Waals surface area contributed by atoms with Crippen molar-refractivity contribution in [3.05, 3.63) is 43.8 Å². The van der Waals surface area contributed by atoms with E-state index < -0.39 is 11.6 Å². The number of rotatable bonds is 3. The number of hydrogen-bond donors (Lipinski definition) is 1. The molecular formula is C10H6BrClF2N2S. The van der Waals surface area contributed by atoms with Crippen LogP contribution in [0.4, 0.5) is 14.5 Å². The fraction of sp³-hybridized carbons (Fsp3) is 0.100. The van der Waals surface area contributed by atoms with Gasteiger partial charge in [-0.3, -0.25) is 0 Å². The third-order valence-electron chi connectivity index (χ3n) is 1.99. The van der Waals surface area contributed by atoms with Crippen LogP contribution in [0.15, 0.2) is 22.8 Å². The maximum absolute atomic E-state index is 13.4. The maximum atomic E-state index is 13.4. The van der Waals surface area contributed by atoms with Gasteiger partial charge in [0.15, 0.2) is 4.47 Å². The third-order valence-corrected chi connectivity index (χ3v) is 3.71. The van der Waals surface area contributed by atoms with Gasteiger partial charge in [-0.2, -0.15) is 0 Å². The fourth-order valence-corrected chi connectivity index (χ4v) is 2.47. The molecule has 1 aromatic heterocycles. The van der Waals surface area contributed by atoms with Crippen LogP contribution in [0.1, 0.15) is 4.88 Å². The van der Waals surface area contributed by atoms with Gasteiger partial charge in [0.05, 0.1) is 16.7 Å². The standard InChI is InChI=1S/C10H6BrClF2N2S/c11-6-1-9(8(14)2-7(6)13)15-3-5-4-16-10(12)17-5/h1-2,4,15H,3H2. The Labute approximate surface area is 114 Å². The van der Waals surface area contributed by atoms with Crippen molar-refractivity contribution in [2.75, 3.05) is 5.32 Å². The molecule has 0 saturated heterocycles. The molecule has 17 heavy (non-hydrogen) atoms. The van der Waals surface area contributed by atoms with Gasteiger partial charge in [0.1, 0.15) is 11.6 Å². The molecule has 0 aliphatic heterocycles. The largest absolute Gasteiger partial charge is 0.378 e. The number of anilines is 1. The van der Waals surface area contributed by atoms with E-state index in [1.165, 1.54) is 17.4 Å². The molecule has 2 rings (SSSR count). The Hall–Kier alpha value is -0.720. The number of nitrogens with zero attached hydrogens (tertiary/aromatic N) is 1. The van der Waals surface area contributed by atoms with Crippen molar-refractivity contribution in [1.29, 1.82) is 0 Å². The van der Waals surface area contributed by atoms with Gasteiger partial charge in [0.25, 0.3) is 0 Å². The molecule has 0 bridgehead atoms. The zero-order valence-electron chi connectivity index (χ0n) is 8.31. The van der Waals surface area contributed by atoms with Gasteiger partial charge in [-0.1, -0.05) is 11.6 Å². The lowest BCUT2D eigenvalue weighted by molar-refractivity contribution is 0.580. The molecule has 1 heterocycles. The van der Waals surface area contributed by atoms with E-state index in [4.69, 9.17) is 11.6 Å². The molecule has 0 spiro atoms. The first-order chi connectivity index (χ1) is 8.06. The van der Waals surface area contributed by atoms with Crippen LogP contribution in [-0.2, 0) is 6.54 Å². The average Bonchev–Trinajstić information content (AvgIpc) is 2.68. The van der Waals surface area contributed by atoms with Crippen molar-refractivity contribution in [2.45, 2.75) is 6.54 Å². The topological polar surface area (TPSA) is 24.9 Å². The SMILES string of the molecule is Fc1cc(F)c(NCc2cnc(Cl)s2)cc1Br. The van der Waals surface area contributed by atoms with Gasteiger partial charge in [0.2, 0.25) is 0 Å². The zero-order valence-corrected chi connectivity index (χ0v) is 11.5. The predicted molar refractivity (Wildman–Crippen MR) is 68.5 cm³/mol. The van der Waals surface area contributed by atoms with Crippen LogP contribution >= 0.6 is 38.9 Å². The smallest absolute Gasteiger partial charge is 0.183 e. The van der Waals surface area contributed by atoms with Crippen LogP contribution in [0, 0.1) is 11.6 Å². The van der Waals surface area contributed by atoms with Crippen LogP contribution in [0.5, 0.6) is 0 Å². The molecule has 7 heteroatoms. The quantitative estimate of drug-likeness (QED) is 0.836. The summed E-state index contributed by atoms with van der Waals surface area (Å²) >= 11 is 9.97. The second-order valence-corrected chi connectivity index (χ2v) is 5.73. The Morgan fingerprint density at radius 2 is 2.12 bits per heavy atom. The molecule has 0 fully saturated rings. The predicted octanol–water partition coefficient (Wildman–Crippen LogP) is 4.45. The summed E-state index contributed by atoms with van der Waals surface area (Å²) in [6.45, 7) is 0.388. The van der Waals surface area contributed by atoms with Crippen LogP contribution in [0.25, 0.3) is 0 Å². The van der Waals surface area contributed by atoms with Crippen molar-refractivity contribution in [3.63, 3.8) is 0 Å². The number of halogens is 4. The summed E-state index contributed by atoms with van der Waals surface area (Å²) in [5, 5.41) is 2.85. The Morgan fingerprint density at radius 1 is 1.35 bits per heavy atom. The first kappa shape index (κ1) is 12.7. The Kier molecular flexibility index (Phi) is 3.96. The lowest BCUT2D eigenvalue weighted by atomic mass is 10.3. The molecule has 0 unspecified atom stereocenters. The van der Waals surface area contributed by atoms with Gasteiger partial charge in [-0.15, -0.1) is 11.3 Å². The monoisotopic (exact) mass is 338 g/mol. The number of aromatic nitrogens is 1. The van der Waals surface area contributed by atoms with E-state index in [0.29, 0.717) is 11.0 Å². The highest BCUT2D eigenvalue weighted by Crippen LogP contribution is 2.25. The molecule has 90 valence electrons. The second kappa shape index (κ2) is 5.29. The van der Waals surface area contributed by atoms with Crippen molar-refractivity contribution >= 4 is 44.6 Å². The minimum absolute atomic E-state index is 0.212. The summed E-state index contributed by atoms with van der Waals surface area (Å²) in [4.78, 5) is 4.73. The number of benzene rings is 1. The van der Waals surface area contributed by atoms with Gasteiger partial charge < -0.3 is 5.32 Å². The van der Waals surface area contributed by atoms with Crippen molar-refractivity contribution in [3.8, 4) is 0 Å². The van der Waals surface area contributed by atoms with Gasteiger partial charge in [0, 0.05) is 17.1 Å². The van der Waals surface area contributed by atoms with E-state index in [9.17, 15) is 8.78 Å². The molecule has 0 aliphatic carbocycles. The highest BCUT2D eigenvalue weighted by atomic mass is 79.9. The summed E-state index contributed by atoms with van der Waals surface area (Å²) in [5.74, 6) is -1.27. The second-order valence-electron chi connectivity index (χ2n) is 3.18. The summed E-state index contributed by atoms with van der Waals surface area (Å²) in [6, 6.07) is 2.18. The van der Waals surface area contributed by atoms with E-state index in [-0.39, 0.29) is 10.2 Å². The Bertz CT molecular complexity index is 547. The fourth-order valence-electron chi connectivity index (χ4n) is 1.21. The maximum Gasteiger partial charge on any atom is 0.183 e. The first-order valence-corrected chi connectivity index (χ1v) is 6.53. The average molecular weight is 340 g/mol. The zero-order chi connectivity index (χ0) is 12.4. The molecule has 0 radical (unpaired) electrons. The first-order valence-electron chi connectivity index (χ1n) is 4.55. The lowest BCUT2D eigenvalue weighted by Crippen LogP contribution is -2.00. The molecule has 1 N–H and O–H groups in total. The summed E-state index contributed by atoms with van der Waals surface area (Å²) in [5.41, 5.74) is 0.225. The van der Waals surface area contributed by atoms with E-state index in [2.05, 4.69) is 26.2 Å². The lowest BCUT2D eigenvalue weighted by Gasteiger charge is -2.07. The highest BCUT2D eigenvalue weighted by molar-refractivity contribution is 9.10. The number of nitrogens with one attached hydrogen (secondary N) is 1. The van der Waals surface area contributed by atoms with Crippen molar-refractivity contribution in [1.82, 2.24) is 4.98 Å². The van der Waals surface area contributed by atoms with E-state index >= 15 is 0 Å². The number of hydrogen-bond acceptors (Lipinski definition) is 3. The summed E-state index contributed by atoms with van der Waals surface area (Å²) < 4.78 is 27.0.